The molecule has 0 aliphatic rings. The lowest BCUT2D eigenvalue weighted by Crippen LogP contribution is -2.15. The Balaban J connectivity index is 1.95. The smallest absolute Gasteiger partial charge is 0.322 e. The summed E-state index contributed by atoms with van der Waals surface area (Å²) >= 11 is 0. The highest BCUT2D eigenvalue weighted by Gasteiger charge is 2.05. The van der Waals surface area contributed by atoms with Crippen molar-refractivity contribution in [1.82, 2.24) is 15.0 Å². The first kappa shape index (κ1) is 12.1. The van der Waals surface area contributed by atoms with Gasteiger partial charge >= 0.3 is 6.01 Å². The molecule has 0 spiro atoms. The van der Waals surface area contributed by atoms with Gasteiger partial charge in [0.15, 0.2) is 0 Å². The zero-order valence-corrected chi connectivity index (χ0v) is 9.88. The minimum Gasteiger partial charge on any atom is -0.469 e. The molecule has 2 rings (SSSR count). The van der Waals surface area contributed by atoms with Crippen molar-refractivity contribution >= 4 is 11.9 Å². The highest BCUT2D eigenvalue weighted by atomic mass is 16.5. The van der Waals surface area contributed by atoms with Crippen LogP contribution in [-0.2, 0) is 6.42 Å². The van der Waals surface area contributed by atoms with Crippen LogP contribution in [0.25, 0.3) is 0 Å². The molecule has 0 radical (unpaired) electrons. The number of methoxy groups -OCH3 is 1. The molecule has 0 bridgehead atoms. The van der Waals surface area contributed by atoms with Gasteiger partial charge in [-0.05, 0) is 12.1 Å². The van der Waals surface area contributed by atoms with Gasteiger partial charge < -0.3 is 14.5 Å². The number of rotatable bonds is 6. The third kappa shape index (κ3) is 3.08. The number of ether oxygens (including phenoxy) is 1. The first-order valence-electron chi connectivity index (χ1n) is 5.34. The number of hydrogen-bond acceptors (Lipinski definition) is 8. The largest absolute Gasteiger partial charge is 0.469 e. The molecule has 2 aromatic heterocycles. The molecule has 0 unspecified atom stereocenters. The number of nitrogen functional groups attached to an aromatic ring is 1. The second-order valence-corrected chi connectivity index (χ2v) is 3.37. The molecule has 2 aromatic rings. The monoisotopic (exact) mass is 250 g/mol. The summed E-state index contributed by atoms with van der Waals surface area (Å²) in [7, 11) is 1.47. The van der Waals surface area contributed by atoms with Gasteiger partial charge in [-0.3, -0.25) is 5.43 Å². The normalized spacial score (nSPS) is 10.1. The summed E-state index contributed by atoms with van der Waals surface area (Å²) in [5.41, 5.74) is 2.35. The highest BCUT2D eigenvalue weighted by molar-refractivity contribution is 5.34. The maximum Gasteiger partial charge on any atom is 0.322 e. The molecule has 0 saturated heterocycles. The maximum absolute atomic E-state index is 5.25. The lowest BCUT2D eigenvalue weighted by atomic mass is 10.3. The first-order chi connectivity index (χ1) is 8.81. The Morgan fingerprint density at radius 2 is 2.17 bits per heavy atom. The van der Waals surface area contributed by atoms with Crippen molar-refractivity contribution in [3.63, 3.8) is 0 Å². The quantitative estimate of drug-likeness (QED) is 0.499. The molecule has 8 nitrogen and oxygen atoms in total. The summed E-state index contributed by atoms with van der Waals surface area (Å²) in [6.07, 6.45) is 2.37. The minimum atomic E-state index is 0.193. The molecule has 0 aliphatic heterocycles. The number of hydrogen-bond donors (Lipinski definition) is 3. The summed E-state index contributed by atoms with van der Waals surface area (Å²) in [6, 6.07) is 3.94. The number of furan rings is 1. The molecule has 96 valence electrons. The van der Waals surface area contributed by atoms with Gasteiger partial charge in [-0.25, -0.2) is 5.84 Å². The number of anilines is 2. The molecule has 0 saturated carbocycles. The summed E-state index contributed by atoms with van der Waals surface area (Å²) in [5.74, 6) is 6.76. The number of nitrogens with two attached hydrogens (primary N) is 1. The van der Waals surface area contributed by atoms with Crippen LogP contribution in [0.5, 0.6) is 6.01 Å². The highest BCUT2D eigenvalue weighted by Crippen LogP contribution is 2.10. The van der Waals surface area contributed by atoms with Crippen LogP contribution in [0.1, 0.15) is 5.76 Å². The first-order valence-corrected chi connectivity index (χ1v) is 5.34. The Morgan fingerprint density at radius 3 is 2.83 bits per heavy atom. The Labute approximate surface area is 104 Å². The van der Waals surface area contributed by atoms with Gasteiger partial charge in [-0.15, -0.1) is 0 Å². The van der Waals surface area contributed by atoms with Crippen molar-refractivity contribution in [2.45, 2.75) is 6.42 Å². The van der Waals surface area contributed by atoms with Gasteiger partial charge in [-0.1, -0.05) is 0 Å². The number of nitrogens with zero attached hydrogens (tertiary/aromatic N) is 3. The minimum absolute atomic E-state index is 0.193. The molecule has 2 heterocycles. The molecule has 0 aliphatic carbocycles. The Hall–Kier alpha value is -2.35. The van der Waals surface area contributed by atoms with Crippen LogP contribution in [0.4, 0.5) is 11.9 Å². The Bertz CT molecular complexity index is 465. The van der Waals surface area contributed by atoms with Gasteiger partial charge in [0.05, 0.1) is 13.4 Å². The van der Waals surface area contributed by atoms with E-state index in [1.807, 2.05) is 12.1 Å². The Kier molecular flexibility index (Phi) is 3.92. The van der Waals surface area contributed by atoms with E-state index in [1.54, 1.807) is 6.26 Å². The Morgan fingerprint density at radius 1 is 1.33 bits per heavy atom. The third-order valence-corrected chi connectivity index (χ3v) is 2.16. The van der Waals surface area contributed by atoms with Gasteiger partial charge in [0.1, 0.15) is 5.76 Å². The summed E-state index contributed by atoms with van der Waals surface area (Å²) in [5, 5.41) is 3.03. The average Bonchev–Trinajstić information content (AvgIpc) is 2.91. The van der Waals surface area contributed by atoms with Crippen molar-refractivity contribution in [1.29, 1.82) is 0 Å². The van der Waals surface area contributed by atoms with E-state index >= 15 is 0 Å². The van der Waals surface area contributed by atoms with Crippen molar-refractivity contribution in [3.05, 3.63) is 24.2 Å². The topological polar surface area (TPSA) is 111 Å². The SMILES string of the molecule is COc1nc(NN)nc(NCCc2ccco2)n1. The van der Waals surface area contributed by atoms with Crippen molar-refractivity contribution in [2.75, 3.05) is 24.4 Å². The fourth-order valence-corrected chi connectivity index (χ4v) is 1.34. The summed E-state index contributed by atoms with van der Waals surface area (Å²) < 4.78 is 10.1. The number of nitrogens with one attached hydrogen (secondary N) is 2. The third-order valence-electron chi connectivity index (χ3n) is 2.16. The second kappa shape index (κ2) is 5.82. The van der Waals surface area contributed by atoms with Gasteiger partial charge in [0.25, 0.3) is 0 Å². The van der Waals surface area contributed by atoms with E-state index in [2.05, 4.69) is 25.7 Å². The molecular weight excluding hydrogens is 236 g/mol. The van der Waals surface area contributed by atoms with Crippen molar-refractivity contribution in [3.8, 4) is 6.01 Å². The summed E-state index contributed by atoms with van der Waals surface area (Å²) in [6.45, 7) is 0.630. The van der Waals surface area contributed by atoms with E-state index in [-0.39, 0.29) is 12.0 Å². The van der Waals surface area contributed by atoms with Crippen LogP contribution >= 0.6 is 0 Å². The zero-order valence-electron chi connectivity index (χ0n) is 9.88. The van der Waals surface area contributed by atoms with Crippen LogP contribution in [-0.4, -0.2) is 28.6 Å². The fraction of sp³-hybridized carbons (Fsp3) is 0.300. The van der Waals surface area contributed by atoms with Crippen LogP contribution in [0.15, 0.2) is 22.8 Å². The zero-order chi connectivity index (χ0) is 12.8. The van der Waals surface area contributed by atoms with Gasteiger partial charge in [0.2, 0.25) is 11.9 Å². The molecule has 18 heavy (non-hydrogen) atoms. The predicted octanol–water partition coefficient (Wildman–Crippen LogP) is 0.413. The van der Waals surface area contributed by atoms with Crippen LogP contribution in [0, 0.1) is 0 Å². The molecule has 0 fully saturated rings. The van der Waals surface area contributed by atoms with Gasteiger partial charge in [0, 0.05) is 13.0 Å². The van der Waals surface area contributed by atoms with E-state index in [9.17, 15) is 0 Å². The standard InChI is InChI=1S/C10H14N6O2/c1-17-10-14-8(13-9(15-10)16-11)12-5-4-7-3-2-6-18-7/h2-3,6H,4-5,11H2,1H3,(H2,12,13,14,15,16). The fourth-order valence-electron chi connectivity index (χ4n) is 1.34. The van der Waals surface area contributed by atoms with E-state index in [1.165, 1.54) is 7.11 Å². The molecule has 0 atom stereocenters. The molecular formula is C10H14N6O2. The van der Waals surface area contributed by atoms with Crippen LogP contribution < -0.4 is 21.3 Å². The van der Waals surface area contributed by atoms with Crippen LogP contribution in [0.2, 0.25) is 0 Å². The number of hydrazine groups is 1. The molecule has 4 N–H and O–H groups in total. The predicted molar refractivity (Wildman–Crippen MR) is 65.1 cm³/mol. The van der Waals surface area contributed by atoms with E-state index in [0.29, 0.717) is 12.5 Å². The van der Waals surface area contributed by atoms with Crippen LogP contribution in [0.3, 0.4) is 0 Å². The molecule has 8 heteroatoms. The van der Waals surface area contributed by atoms with Crippen molar-refractivity contribution in [2.24, 2.45) is 5.84 Å². The second-order valence-electron chi connectivity index (χ2n) is 3.37. The summed E-state index contributed by atoms with van der Waals surface area (Å²) in [4.78, 5) is 12.0. The van der Waals surface area contributed by atoms with Crippen molar-refractivity contribution < 1.29 is 9.15 Å². The van der Waals surface area contributed by atoms with E-state index in [4.69, 9.17) is 15.0 Å². The van der Waals surface area contributed by atoms with E-state index < -0.39 is 0 Å². The number of aromatic nitrogens is 3. The maximum atomic E-state index is 5.25. The average molecular weight is 250 g/mol. The molecule has 0 amide bonds. The lowest BCUT2D eigenvalue weighted by molar-refractivity contribution is 0.379. The lowest BCUT2D eigenvalue weighted by Gasteiger charge is -2.06. The van der Waals surface area contributed by atoms with E-state index in [0.717, 1.165) is 12.2 Å². The molecule has 0 aromatic carbocycles. The van der Waals surface area contributed by atoms with Gasteiger partial charge in [-0.2, -0.15) is 15.0 Å².